The molecule has 174 valence electrons. The predicted octanol–water partition coefficient (Wildman–Crippen LogP) is 4.28. The van der Waals surface area contributed by atoms with Gasteiger partial charge in [-0.2, -0.15) is 0 Å². The lowest BCUT2D eigenvalue weighted by Crippen LogP contribution is -2.38. The van der Waals surface area contributed by atoms with E-state index in [4.69, 9.17) is 5.73 Å². The first-order valence-electron chi connectivity index (χ1n) is 10.8. The fraction of sp³-hybridized carbons (Fsp3) is 0.391. The molecule has 1 aromatic carbocycles. The Morgan fingerprint density at radius 3 is 2.58 bits per heavy atom. The van der Waals surface area contributed by atoms with Crippen molar-refractivity contribution in [3.05, 3.63) is 53.2 Å². The molecule has 0 unspecified atom stereocenters. The van der Waals surface area contributed by atoms with Crippen molar-refractivity contribution in [3.63, 3.8) is 0 Å². The second kappa shape index (κ2) is 9.21. The van der Waals surface area contributed by atoms with Crippen LogP contribution >= 0.6 is 0 Å². The predicted molar refractivity (Wildman–Crippen MR) is 120 cm³/mol. The first-order valence-corrected chi connectivity index (χ1v) is 10.8. The van der Waals surface area contributed by atoms with E-state index in [1.807, 2.05) is 6.07 Å². The van der Waals surface area contributed by atoms with Crippen LogP contribution in [0.1, 0.15) is 49.2 Å². The molecule has 0 radical (unpaired) electrons. The molecule has 7 nitrogen and oxygen atoms in total. The van der Waals surface area contributed by atoms with Crippen molar-refractivity contribution >= 4 is 28.4 Å². The number of halogens is 3. The Bertz CT molecular complexity index is 1180. The third-order valence-corrected chi connectivity index (χ3v) is 6.01. The van der Waals surface area contributed by atoms with Crippen molar-refractivity contribution in [1.82, 2.24) is 15.0 Å². The molecule has 1 amide bonds. The molecule has 4 rings (SSSR count). The summed E-state index contributed by atoms with van der Waals surface area (Å²) in [6.45, 7) is 4.71. The average Bonchev–Trinajstić information content (AvgIpc) is 2.78. The minimum atomic E-state index is -2.90. The molecule has 1 aliphatic heterocycles. The van der Waals surface area contributed by atoms with Gasteiger partial charge in [0.05, 0.1) is 23.3 Å². The van der Waals surface area contributed by atoms with Crippen molar-refractivity contribution < 1.29 is 18.0 Å². The van der Waals surface area contributed by atoms with Gasteiger partial charge >= 0.3 is 0 Å². The summed E-state index contributed by atoms with van der Waals surface area (Å²) in [6.07, 6.45) is 0.0578. The Morgan fingerprint density at radius 1 is 1.21 bits per heavy atom. The number of nitrogens with two attached hydrogens (primary N) is 1. The van der Waals surface area contributed by atoms with Gasteiger partial charge in [0.2, 0.25) is 5.91 Å². The Labute approximate surface area is 189 Å². The van der Waals surface area contributed by atoms with Crippen LogP contribution in [0.25, 0.3) is 10.9 Å². The number of hydrogen-bond donors (Lipinski definition) is 2. The highest BCUT2D eigenvalue weighted by Gasteiger charge is 2.25. The number of benzene rings is 1. The van der Waals surface area contributed by atoms with Crippen LogP contribution in [0, 0.1) is 18.7 Å². The normalized spacial score (nSPS) is 15.8. The summed E-state index contributed by atoms with van der Waals surface area (Å²) in [6, 6.07) is 5.20. The Kier molecular flexibility index (Phi) is 6.35. The molecular formula is C23H25F3N6O. The number of nitrogens with zero attached hydrogens (tertiary/aromatic N) is 4. The first-order chi connectivity index (χ1) is 15.7. The smallest absolute Gasteiger partial charge is 0.266 e. The molecule has 33 heavy (non-hydrogen) atoms. The van der Waals surface area contributed by atoms with E-state index in [1.54, 1.807) is 20.0 Å². The summed E-state index contributed by atoms with van der Waals surface area (Å²) < 4.78 is 40.9. The number of pyridine rings is 1. The number of fused-ring (bicyclic) bond motifs is 1. The lowest BCUT2D eigenvalue weighted by molar-refractivity contribution is -0.122. The minimum Gasteiger partial charge on any atom is -0.369 e. The standard InChI is InChI=1S/C23H25F3N6O/c1-12(15-4-3-5-16(20(15)24)21(25)26)29-23-17-10-19(28-11-18(17)30-13(2)31-23)32-8-6-14(7-9-32)22(27)33/h3-5,10-12,14,21H,6-9H2,1-2H3,(H2,27,33)(H,29,30,31)/t12-/m1/s1. The maximum atomic E-state index is 14.7. The fourth-order valence-corrected chi connectivity index (χ4v) is 4.17. The van der Waals surface area contributed by atoms with Crippen LogP contribution in [0.2, 0.25) is 0 Å². The summed E-state index contributed by atoms with van der Waals surface area (Å²) in [5, 5.41) is 3.84. The number of nitrogens with one attached hydrogen (secondary N) is 1. The van der Waals surface area contributed by atoms with Crippen molar-refractivity contribution in [1.29, 1.82) is 0 Å². The zero-order valence-electron chi connectivity index (χ0n) is 18.4. The summed E-state index contributed by atoms with van der Waals surface area (Å²) in [4.78, 5) is 26.9. The van der Waals surface area contributed by atoms with Crippen molar-refractivity contribution in [2.45, 2.75) is 39.2 Å². The molecule has 1 saturated heterocycles. The highest BCUT2D eigenvalue weighted by molar-refractivity contribution is 5.90. The SMILES string of the molecule is Cc1nc(N[C@H](C)c2cccc(C(F)F)c2F)c2cc(N3CCC(C(N)=O)CC3)ncc2n1. The molecule has 0 bridgehead atoms. The molecule has 3 N–H and O–H groups in total. The first kappa shape index (κ1) is 22.8. The molecule has 3 aromatic rings. The number of carbonyl (C=O) groups excluding carboxylic acids is 1. The van der Waals surface area contributed by atoms with Crippen molar-refractivity contribution in [3.8, 4) is 0 Å². The number of anilines is 2. The maximum absolute atomic E-state index is 14.7. The second-order valence-electron chi connectivity index (χ2n) is 8.26. The zero-order chi connectivity index (χ0) is 23.7. The molecular weight excluding hydrogens is 433 g/mol. The molecule has 1 aliphatic rings. The lowest BCUT2D eigenvalue weighted by Gasteiger charge is -2.31. The van der Waals surface area contributed by atoms with E-state index < -0.39 is 23.8 Å². The maximum Gasteiger partial charge on any atom is 0.266 e. The van der Waals surface area contributed by atoms with Gasteiger partial charge in [0.1, 0.15) is 23.3 Å². The van der Waals surface area contributed by atoms with Crippen LogP contribution in [0.3, 0.4) is 0 Å². The number of piperidine rings is 1. The molecule has 0 aliphatic carbocycles. The Hall–Kier alpha value is -3.43. The highest BCUT2D eigenvalue weighted by atomic mass is 19.3. The van der Waals surface area contributed by atoms with Gasteiger partial charge in [0.25, 0.3) is 6.43 Å². The molecule has 2 aromatic heterocycles. The third-order valence-electron chi connectivity index (χ3n) is 6.01. The highest BCUT2D eigenvalue weighted by Crippen LogP contribution is 2.31. The number of carbonyl (C=O) groups is 1. The molecule has 1 fully saturated rings. The second-order valence-corrected chi connectivity index (χ2v) is 8.26. The van der Waals surface area contributed by atoms with Gasteiger partial charge in [-0.15, -0.1) is 0 Å². The van der Waals surface area contributed by atoms with Crippen LogP contribution in [0.4, 0.5) is 24.8 Å². The van der Waals surface area contributed by atoms with E-state index in [9.17, 15) is 18.0 Å². The van der Waals surface area contributed by atoms with Gasteiger partial charge in [-0.1, -0.05) is 18.2 Å². The summed E-state index contributed by atoms with van der Waals surface area (Å²) in [5.74, 6) is 0.318. The molecule has 10 heteroatoms. The number of primary amides is 1. The summed E-state index contributed by atoms with van der Waals surface area (Å²) in [7, 11) is 0. The minimum absolute atomic E-state index is 0.125. The van der Waals surface area contributed by atoms with Crippen LogP contribution in [-0.4, -0.2) is 33.9 Å². The molecule has 3 heterocycles. The largest absolute Gasteiger partial charge is 0.369 e. The third kappa shape index (κ3) is 4.69. The number of aromatic nitrogens is 3. The van der Waals surface area contributed by atoms with Gasteiger partial charge in [0.15, 0.2) is 0 Å². The number of aryl methyl sites for hydroxylation is 1. The van der Waals surface area contributed by atoms with Crippen LogP contribution in [-0.2, 0) is 4.79 Å². The molecule has 0 spiro atoms. The molecule has 1 atom stereocenters. The van der Waals surface area contributed by atoms with Gasteiger partial charge in [-0.3, -0.25) is 4.79 Å². The number of rotatable bonds is 6. The summed E-state index contributed by atoms with van der Waals surface area (Å²) >= 11 is 0. The topological polar surface area (TPSA) is 97.0 Å². The van der Waals surface area contributed by atoms with E-state index in [-0.39, 0.29) is 17.4 Å². The van der Waals surface area contributed by atoms with E-state index >= 15 is 0 Å². The average molecular weight is 458 g/mol. The Balaban J connectivity index is 1.64. The van der Waals surface area contributed by atoms with Gasteiger partial charge in [-0.25, -0.2) is 28.1 Å². The van der Waals surface area contributed by atoms with Gasteiger partial charge in [0, 0.05) is 30.0 Å². The Morgan fingerprint density at radius 2 is 1.91 bits per heavy atom. The number of alkyl halides is 2. The lowest BCUT2D eigenvalue weighted by atomic mass is 9.96. The van der Waals surface area contributed by atoms with Gasteiger partial charge < -0.3 is 16.0 Å². The summed E-state index contributed by atoms with van der Waals surface area (Å²) in [5.41, 5.74) is 5.53. The van der Waals surface area contributed by atoms with E-state index in [0.717, 1.165) is 6.07 Å². The number of amides is 1. The zero-order valence-corrected chi connectivity index (χ0v) is 18.4. The van der Waals surface area contributed by atoms with Crippen LogP contribution in [0.5, 0.6) is 0 Å². The van der Waals surface area contributed by atoms with E-state index in [2.05, 4.69) is 25.2 Å². The van der Waals surface area contributed by atoms with Crippen LogP contribution < -0.4 is 16.0 Å². The monoisotopic (exact) mass is 458 g/mol. The van der Waals surface area contributed by atoms with Crippen molar-refractivity contribution in [2.24, 2.45) is 11.7 Å². The van der Waals surface area contributed by atoms with Crippen LogP contribution in [0.15, 0.2) is 30.5 Å². The quantitative estimate of drug-likeness (QED) is 0.572. The van der Waals surface area contributed by atoms with E-state index in [0.29, 0.717) is 54.3 Å². The fourth-order valence-electron chi connectivity index (χ4n) is 4.17. The van der Waals surface area contributed by atoms with Crippen molar-refractivity contribution in [2.75, 3.05) is 23.3 Å². The molecule has 0 saturated carbocycles. The van der Waals surface area contributed by atoms with Gasteiger partial charge in [-0.05, 0) is 32.8 Å². The van der Waals surface area contributed by atoms with E-state index in [1.165, 1.54) is 12.1 Å². The number of hydrogen-bond acceptors (Lipinski definition) is 6.